The van der Waals surface area contributed by atoms with Crippen molar-refractivity contribution in [2.24, 2.45) is 0 Å². The second kappa shape index (κ2) is 12.5. The highest BCUT2D eigenvalue weighted by Crippen LogP contribution is 2.23. The number of methoxy groups -OCH3 is 1. The van der Waals surface area contributed by atoms with Crippen molar-refractivity contribution in [1.82, 2.24) is 5.32 Å². The van der Waals surface area contributed by atoms with Crippen molar-refractivity contribution < 1.29 is 28.7 Å². The molecule has 0 atom stereocenters. The van der Waals surface area contributed by atoms with Crippen LogP contribution in [0.3, 0.4) is 0 Å². The molecule has 0 aromatic heterocycles. The Morgan fingerprint density at radius 2 is 1.61 bits per heavy atom. The zero-order valence-electron chi connectivity index (χ0n) is 17.3. The number of hydrogen-bond acceptors (Lipinski definition) is 7. The maximum atomic E-state index is 12.5. The lowest BCUT2D eigenvalue weighted by molar-refractivity contribution is -0.119. The van der Waals surface area contributed by atoms with E-state index in [1.807, 2.05) is 0 Å². The van der Waals surface area contributed by atoms with Crippen molar-refractivity contribution in [1.29, 1.82) is 0 Å². The zero-order chi connectivity index (χ0) is 22.6. The van der Waals surface area contributed by atoms with Gasteiger partial charge in [0, 0.05) is 24.1 Å². The van der Waals surface area contributed by atoms with Crippen molar-refractivity contribution in [3.63, 3.8) is 0 Å². The van der Waals surface area contributed by atoms with E-state index in [4.69, 9.17) is 9.47 Å². The summed E-state index contributed by atoms with van der Waals surface area (Å²) in [5, 5.41) is 5.27. The summed E-state index contributed by atoms with van der Waals surface area (Å²) < 4.78 is 10.00. The van der Waals surface area contributed by atoms with Gasteiger partial charge in [-0.1, -0.05) is 24.3 Å². The minimum absolute atomic E-state index is 0.121. The molecule has 0 aliphatic rings. The van der Waals surface area contributed by atoms with Gasteiger partial charge in [0.05, 0.1) is 23.6 Å². The van der Waals surface area contributed by atoms with Gasteiger partial charge in [0.25, 0.3) is 5.91 Å². The lowest BCUT2D eigenvalue weighted by atomic mass is 10.1. The Morgan fingerprint density at radius 1 is 0.935 bits per heavy atom. The molecular weight excluding hydrogens is 420 g/mol. The molecule has 0 radical (unpaired) electrons. The Kier molecular flexibility index (Phi) is 9.73. The first-order chi connectivity index (χ1) is 14.9. The van der Waals surface area contributed by atoms with Crippen LogP contribution >= 0.6 is 11.8 Å². The van der Waals surface area contributed by atoms with Gasteiger partial charge in [-0.2, -0.15) is 0 Å². The van der Waals surface area contributed by atoms with Crippen LogP contribution in [0.15, 0.2) is 53.4 Å². The van der Waals surface area contributed by atoms with Crippen LogP contribution in [0.25, 0.3) is 0 Å². The summed E-state index contributed by atoms with van der Waals surface area (Å²) in [5.74, 6) is -1.50. The number of benzene rings is 2. The van der Waals surface area contributed by atoms with Gasteiger partial charge in [-0.3, -0.25) is 14.4 Å². The summed E-state index contributed by atoms with van der Waals surface area (Å²) in [7, 11) is 1.55. The van der Waals surface area contributed by atoms with Crippen LogP contribution in [0.5, 0.6) is 0 Å². The fraction of sp³-hybridized carbons (Fsp3) is 0.273. The van der Waals surface area contributed by atoms with E-state index >= 15 is 0 Å². The van der Waals surface area contributed by atoms with E-state index in [1.54, 1.807) is 55.6 Å². The molecule has 0 unspecified atom stereocenters. The first-order valence-corrected chi connectivity index (χ1v) is 10.4. The summed E-state index contributed by atoms with van der Waals surface area (Å²) in [4.78, 5) is 48.7. The zero-order valence-corrected chi connectivity index (χ0v) is 18.1. The smallest absolute Gasteiger partial charge is 0.339 e. The maximum Gasteiger partial charge on any atom is 0.339 e. The SMILES string of the molecule is COCCNC(=O)CSc1ccccc1C(=O)OCC(=O)Nc1ccccc1C(C)=O. The Labute approximate surface area is 184 Å². The van der Waals surface area contributed by atoms with Gasteiger partial charge >= 0.3 is 5.97 Å². The quantitative estimate of drug-likeness (QED) is 0.237. The van der Waals surface area contributed by atoms with E-state index < -0.39 is 18.5 Å². The van der Waals surface area contributed by atoms with Gasteiger partial charge in [0.2, 0.25) is 5.91 Å². The number of hydrogen-bond donors (Lipinski definition) is 2. The minimum Gasteiger partial charge on any atom is -0.452 e. The molecule has 2 aromatic carbocycles. The van der Waals surface area contributed by atoms with Crippen LogP contribution in [-0.4, -0.2) is 56.2 Å². The molecule has 0 bridgehead atoms. The van der Waals surface area contributed by atoms with Gasteiger partial charge in [-0.25, -0.2) is 4.79 Å². The lowest BCUT2D eigenvalue weighted by Crippen LogP contribution is -2.28. The Bertz CT molecular complexity index is 947. The summed E-state index contributed by atoms with van der Waals surface area (Å²) in [5.41, 5.74) is 0.980. The number of carbonyl (C=O) groups is 4. The summed E-state index contributed by atoms with van der Waals surface area (Å²) >= 11 is 1.19. The van der Waals surface area contributed by atoms with Gasteiger partial charge < -0.3 is 20.1 Å². The van der Waals surface area contributed by atoms with Crippen molar-refractivity contribution in [2.75, 3.05) is 37.9 Å². The van der Waals surface area contributed by atoms with Gasteiger partial charge in [-0.05, 0) is 31.2 Å². The number of amides is 2. The molecule has 8 nitrogen and oxygen atoms in total. The fourth-order valence-corrected chi connectivity index (χ4v) is 3.41. The summed E-state index contributed by atoms with van der Waals surface area (Å²) in [6.45, 7) is 1.71. The second-order valence-electron chi connectivity index (χ2n) is 6.35. The monoisotopic (exact) mass is 444 g/mol. The summed E-state index contributed by atoms with van der Waals surface area (Å²) in [6.07, 6.45) is 0. The molecule has 0 aliphatic heterocycles. The molecule has 0 saturated heterocycles. The first kappa shape index (κ1) is 24.1. The van der Waals surface area contributed by atoms with E-state index in [1.165, 1.54) is 18.7 Å². The largest absolute Gasteiger partial charge is 0.452 e. The van der Waals surface area contributed by atoms with Crippen molar-refractivity contribution in [3.8, 4) is 0 Å². The highest BCUT2D eigenvalue weighted by molar-refractivity contribution is 8.00. The molecule has 2 aromatic rings. The average molecular weight is 445 g/mol. The van der Waals surface area contributed by atoms with E-state index in [-0.39, 0.29) is 23.0 Å². The van der Waals surface area contributed by atoms with Gasteiger partial charge in [0.15, 0.2) is 12.4 Å². The third-order valence-electron chi connectivity index (χ3n) is 4.01. The molecule has 2 rings (SSSR count). The van der Waals surface area contributed by atoms with Crippen LogP contribution in [0.4, 0.5) is 5.69 Å². The molecule has 31 heavy (non-hydrogen) atoms. The predicted octanol–water partition coefficient (Wildman–Crippen LogP) is 2.54. The van der Waals surface area contributed by atoms with Gasteiger partial charge in [0.1, 0.15) is 0 Å². The number of carbonyl (C=O) groups excluding carboxylic acids is 4. The van der Waals surface area contributed by atoms with Crippen LogP contribution in [0.1, 0.15) is 27.6 Å². The number of anilines is 1. The molecular formula is C22H24N2O6S. The number of ether oxygens (including phenoxy) is 2. The van der Waals surface area contributed by atoms with Crippen LogP contribution < -0.4 is 10.6 Å². The van der Waals surface area contributed by atoms with Crippen molar-refractivity contribution >= 4 is 41.0 Å². The van der Waals surface area contributed by atoms with E-state index in [2.05, 4.69) is 10.6 Å². The highest BCUT2D eigenvalue weighted by Gasteiger charge is 2.16. The predicted molar refractivity (Wildman–Crippen MR) is 117 cm³/mol. The Balaban J connectivity index is 1.92. The number of thioether (sulfide) groups is 1. The van der Waals surface area contributed by atoms with E-state index in [9.17, 15) is 19.2 Å². The fourth-order valence-electron chi connectivity index (χ4n) is 2.54. The van der Waals surface area contributed by atoms with Crippen molar-refractivity contribution in [3.05, 3.63) is 59.7 Å². The van der Waals surface area contributed by atoms with Crippen LogP contribution in [-0.2, 0) is 19.1 Å². The Hall–Kier alpha value is -3.17. The number of ketones is 1. The number of esters is 1. The molecule has 0 aliphatic carbocycles. The second-order valence-corrected chi connectivity index (χ2v) is 7.37. The minimum atomic E-state index is -0.683. The summed E-state index contributed by atoms with van der Waals surface area (Å²) in [6, 6.07) is 13.3. The van der Waals surface area contributed by atoms with Gasteiger partial charge in [-0.15, -0.1) is 11.8 Å². The van der Waals surface area contributed by atoms with E-state index in [0.717, 1.165) is 0 Å². The highest BCUT2D eigenvalue weighted by atomic mass is 32.2. The third-order valence-corrected chi connectivity index (χ3v) is 5.08. The normalized spacial score (nSPS) is 10.3. The number of rotatable bonds is 11. The van der Waals surface area contributed by atoms with E-state index in [0.29, 0.717) is 29.3 Å². The molecule has 0 saturated carbocycles. The molecule has 9 heteroatoms. The first-order valence-electron chi connectivity index (χ1n) is 9.46. The number of Topliss-reactive ketones (excluding diaryl/α,β-unsaturated/α-hetero) is 1. The van der Waals surface area contributed by atoms with Crippen LogP contribution in [0, 0.1) is 0 Å². The molecule has 0 heterocycles. The standard InChI is InChI=1S/C22H24N2O6S/c1-15(25)16-7-3-5-9-18(16)24-20(26)13-30-22(28)17-8-4-6-10-19(17)31-14-21(27)23-11-12-29-2/h3-10H,11-14H2,1-2H3,(H,23,27)(H,24,26). The molecule has 2 amide bonds. The number of para-hydroxylation sites is 1. The molecule has 0 fully saturated rings. The molecule has 164 valence electrons. The topological polar surface area (TPSA) is 111 Å². The molecule has 2 N–H and O–H groups in total. The molecule has 0 spiro atoms. The average Bonchev–Trinajstić information content (AvgIpc) is 2.76. The number of nitrogens with one attached hydrogen (secondary N) is 2. The Morgan fingerprint density at radius 3 is 2.32 bits per heavy atom. The lowest BCUT2D eigenvalue weighted by Gasteiger charge is -2.11. The van der Waals surface area contributed by atoms with Crippen molar-refractivity contribution in [2.45, 2.75) is 11.8 Å². The third kappa shape index (κ3) is 7.88. The van der Waals surface area contributed by atoms with Crippen LogP contribution in [0.2, 0.25) is 0 Å². The maximum absolute atomic E-state index is 12.5.